The van der Waals surface area contributed by atoms with Crippen LogP contribution in [-0.2, 0) is 16.0 Å². The van der Waals surface area contributed by atoms with Gasteiger partial charge < -0.3 is 9.72 Å². The molecule has 0 unspecified atom stereocenters. The quantitative estimate of drug-likeness (QED) is 0.509. The van der Waals surface area contributed by atoms with E-state index >= 15 is 0 Å². The van der Waals surface area contributed by atoms with Crippen molar-refractivity contribution in [3.8, 4) is 0 Å². The Labute approximate surface area is 104 Å². The normalized spacial score (nSPS) is 10.9. The molecule has 2 aromatic rings. The standard InChI is InChI=1S/C14H13NO3/c1-18-14(17)8-4-7-13-11(9-16)10-5-2-3-6-12(10)15-13/h2-6,8-9,15H,7H2,1H3. The molecule has 92 valence electrons. The molecule has 0 saturated heterocycles. The van der Waals surface area contributed by atoms with Gasteiger partial charge in [-0.1, -0.05) is 24.3 Å². The molecule has 18 heavy (non-hydrogen) atoms. The zero-order chi connectivity index (χ0) is 13.0. The molecule has 0 aliphatic carbocycles. The van der Waals surface area contributed by atoms with Gasteiger partial charge in [0.05, 0.1) is 7.11 Å². The number of carbonyl (C=O) groups is 2. The molecule has 0 bridgehead atoms. The number of hydrogen-bond acceptors (Lipinski definition) is 3. The number of esters is 1. The van der Waals surface area contributed by atoms with Crippen molar-refractivity contribution in [3.05, 3.63) is 47.7 Å². The highest BCUT2D eigenvalue weighted by atomic mass is 16.5. The number of methoxy groups -OCH3 is 1. The van der Waals surface area contributed by atoms with E-state index in [0.717, 1.165) is 22.9 Å². The van der Waals surface area contributed by atoms with Gasteiger partial charge in [-0.25, -0.2) is 4.79 Å². The Bertz CT molecular complexity index is 611. The van der Waals surface area contributed by atoms with Crippen molar-refractivity contribution in [3.63, 3.8) is 0 Å². The van der Waals surface area contributed by atoms with Gasteiger partial charge >= 0.3 is 5.97 Å². The van der Waals surface area contributed by atoms with E-state index in [-0.39, 0.29) is 0 Å². The number of nitrogens with one attached hydrogen (secondary N) is 1. The maximum absolute atomic E-state index is 11.1. The lowest BCUT2D eigenvalue weighted by Crippen LogP contribution is -1.95. The summed E-state index contributed by atoms with van der Waals surface area (Å²) < 4.78 is 4.50. The molecule has 0 amide bonds. The van der Waals surface area contributed by atoms with E-state index in [1.54, 1.807) is 6.08 Å². The summed E-state index contributed by atoms with van der Waals surface area (Å²) in [4.78, 5) is 25.2. The highest BCUT2D eigenvalue weighted by Gasteiger charge is 2.08. The minimum absolute atomic E-state index is 0.404. The van der Waals surface area contributed by atoms with Crippen LogP contribution in [0.2, 0.25) is 0 Å². The van der Waals surface area contributed by atoms with Crippen molar-refractivity contribution in [1.29, 1.82) is 0 Å². The molecule has 0 aliphatic heterocycles. The summed E-state index contributed by atoms with van der Waals surface area (Å²) in [5.41, 5.74) is 2.35. The largest absolute Gasteiger partial charge is 0.466 e. The summed E-state index contributed by atoms with van der Waals surface area (Å²) in [7, 11) is 1.33. The average molecular weight is 243 g/mol. The molecule has 1 heterocycles. The van der Waals surface area contributed by atoms with Crippen LogP contribution in [0.25, 0.3) is 10.9 Å². The van der Waals surface area contributed by atoms with Crippen molar-refractivity contribution >= 4 is 23.2 Å². The number of para-hydroxylation sites is 1. The van der Waals surface area contributed by atoms with E-state index in [1.807, 2.05) is 24.3 Å². The Morgan fingerprint density at radius 3 is 2.89 bits per heavy atom. The topological polar surface area (TPSA) is 59.2 Å². The molecule has 4 nitrogen and oxygen atoms in total. The van der Waals surface area contributed by atoms with Crippen molar-refractivity contribution in [1.82, 2.24) is 4.98 Å². The molecule has 0 saturated carbocycles. The zero-order valence-electron chi connectivity index (χ0n) is 9.97. The summed E-state index contributed by atoms with van der Waals surface area (Å²) >= 11 is 0. The number of aldehydes is 1. The smallest absolute Gasteiger partial charge is 0.330 e. The van der Waals surface area contributed by atoms with Gasteiger partial charge in [-0.05, 0) is 6.07 Å². The van der Waals surface area contributed by atoms with Crippen LogP contribution in [0.1, 0.15) is 16.1 Å². The van der Waals surface area contributed by atoms with Gasteiger partial charge in [0, 0.05) is 34.7 Å². The maximum atomic E-state index is 11.1. The second kappa shape index (κ2) is 5.31. The predicted molar refractivity (Wildman–Crippen MR) is 68.5 cm³/mol. The van der Waals surface area contributed by atoms with E-state index in [2.05, 4.69) is 9.72 Å². The number of allylic oxidation sites excluding steroid dienone is 1. The first kappa shape index (κ1) is 12.1. The second-order valence-electron chi connectivity index (χ2n) is 3.81. The number of aromatic amines is 1. The third-order valence-electron chi connectivity index (χ3n) is 2.72. The number of rotatable bonds is 4. The Morgan fingerprint density at radius 1 is 1.39 bits per heavy atom. The predicted octanol–water partition coefficient (Wildman–Crippen LogP) is 2.25. The van der Waals surface area contributed by atoms with Crippen molar-refractivity contribution in [2.75, 3.05) is 7.11 Å². The number of benzene rings is 1. The molecule has 1 aromatic carbocycles. The van der Waals surface area contributed by atoms with E-state index in [0.29, 0.717) is 12.0 Å². The zero-order valence-corrected chi connectivity index (χ0v) is 9.97. The molecular weight excluding hydrogens is 230 g/mol. The lowest BCUT2D eigenvalue weighted by atomic mass is 10.1. The summed E-state index contributed by atoms with van der Waals surface area (Å²) in [6.07, 6.45) is 4.33. The minimum Gasteiger partial charge on any atom is -0.466 e. The number of H-pyrrole nitrogens is 1. The SMILES string of the molecule is COC(=O)C=CCc1[nH]c2ccccc2c1C=O. The molecular formula is C14H13NO3. The molecule has 1 N–H and O–H groups in total. The lowest BCUT2D eigenvalue weighted by Gasteiger charge is -1.93. The number of fused-ring (bicyclic) bond motifs is 1. The summed E-state index contributed by atoms with van der Waals surface area (Å²) in [6, 6.07) is 7.59. The van der Waals surface area contributed by atoms with E-state index in [1.165, 1.54) is 13.2 Å². The lowest BCUT2D eigenvalue weighted by molar-refractivity contribution is -0.134. The van der Waals surface area contributed by atoms with E-state index in [4.69, 9.17) is 0 Å². The Hall–Kier alpha value is -2.36. The van der Waals surface area contributed by atoms with Gasteiger partial charge in [-0.3, -0.25) is 4.79 Å². The molecule has 0 fully saturated rings. The van der Waals surface area contributed by atoms with Gasteiger partial charge in [0.2, 0.25) is 0 Å². The Balaban J connectivity index is 2.30. The number of carbonyl (C=O) groups excluding carboxylic acids is 2. The number of hydrogen-bond donors (Lipinski definition) is 1. The Kier molecular flexibility index (Phi) is 3.57. The van der Waals surface area contributed by atoms with Crippen molar-refractivity contribution < 1.29 is 14.3 Å². The van der Waals surface area contributed by atoms with Crippen LogP contribution in [0.15, 0.2) is 36.4 Å². The van der Waals surface area contributed by atoms with E-state index in [9.17, 15) is 9.59 Å². The highest BCUT2D eigenvalue weighted by molar-refractivity contribution is 5.99. The van der Waals surface area contributed by atoms with Crippen molar-refractivity contribution in [2.45, 2.75) is 6.42 Å². The fourth-order valence-corrected chi connectivity index (χ4v) is 1.86. The maximum Gasteiger partial charge on any atom is 0.330 e. The van der Waals surface area contributed by atoms with Gasteiger partial charge in [-0.2, -0.15) is 0 Å². The van der Waals surface area contributed by atoms with Gasteiger partial charge in [0.15, 0.2) is 6.29 Å². The average Bonchev–Trinajstić information content (AvgIpc) is 2.75. The molecule has 1 aromatic heterocycles. The first-order chi connectivity index (χ1) is 8.76. The molecule has 2 rings (SSSR count). The first-order valence-electron chi connectivity index (χ1n) is 5.55. The number of aromatic nitrogens is 1. The third-order valence-corrected chi connectivity index (χ3v) is 2.72. The van der Waals surface area contributed by atoms with Gasteiger partial charge in [0.25, 0.3) is 0 Å². The fourth-order valence-electron chi connectivity index (χ4n) is 1.86. The van der Waals surface area contributed by atoms with Crippen molar-refractivity contribution in [2.24, 2.45) is 0 Å². The Morgan fingerprint density at radius 2 is 2.17 bits per heavy atom. The summed E-state index contributed by atoms with van der Waals surface area (Å²) in [6.45, 7) is 0. The molecule has 0 atom stereocenters. The second-order valence-corrected chi connectivity index (χ2v) is 3.81. The monoisotopic (exact) mass is 243 g/mol. The number of ether oxygens (including phenoxy) is 1. The summed E-state index contributed by atoms with van der Waals surface area (Å²) in [5.74, 6) is -0.404. The van der Waals surface area contributed by atoms with Crippen LogP contribution in [0.5, 0.6) is 0 Å². The van der Waals surface area contributed by atoms with Crippen LogP contribution >= 0.6 is 0 Å². The highest BCUT2D eigenvalue weighted by Crippen LogP contribution is 2.21. The first-order valence-corrected chi connectivity index (χ1v) is 5.55. The summed E-state index contributed by atoms with van der Waals surface area (Å²) in [5, 5.41) is 0.897. The van der Waals surface area contributed by atoms with Gasteiger partial charge in [0.1, 0.15) is 0 Å². The molecule has 0 radical (unpaired) electrons. The van der Waals surface area contributed by atoms with Crippen LogP contribution in [-0.4, -0.2) is 24.3 Å². The van der Waals surface area contributed by atoms with Crippen LogP contribution in [0, 0.1) is 0 Å². The molecule has 0 aliphatic rings. The van der Waals surface area contributed by atoms with Crippen LogP contribution < -0.4 is 0 Å². The minimum atomic E-state index is -0.404. The third kappa shape index (κ3) is 2.32. The molecule has 4 heteroatoms. The van der Waals surface area contributed by atoms with E-state index < -0.39 is 5.97 Å². The van der Waals surface area contributed by atoms with Crippen LogP contribution in [0.3, 0.4) is 0 Å². The fraction of sp³-hybridized carbons (Fsp3) is 0.143. The van der Waals surface area contributed by atoms with Crippen LogP contribution in [0.4, 0.5) is 0 Å². The molecule has 0 spiro atoms. The van der Waals surface area contributed by atoms with Gasteiger partial charge in [-0.15, -0.1) is 0 Å².